The van der Waals surface area contributed by atoms with E-state index in [0.29, 0.717) is 0 Å². The molecule has 0 spiro atoms. The van der Waals surface area contributed by atoms with E-state index in [2.05, 4.69) is 6.92 Å². The van der Waals surface area contributed by atoms with Crippen LogP contribution in [0.25, 0.3) is 0 Å². The van der Waals surface area contributed by atoms with Crippen molar-refractivity contribution in [3.05, 3.63) is 29.8 Å². The van der Waals surface area contributed by atoms with E-state index in [1.165, 1.54) is 5.56 Å². The van der Waals surface area contributed by atoms with Crippen molar-refractivity contribution in [2.75, 3.05) is 13.2 Å². The first kappa shape index (κ1) is 13.6. The Balaban J connectivity index is 0.00000144. The quantitative estimate of drug-likeness (QED) is 0.531. The van der Waals surface area contributed by atoms with E-state index < -0.39 is 0 Å². The van der Waals surface area contributed by atoms with Crippen molar-refractivity contribution < 1.29 is 61.2 Å². The van der Waals surface area contributed by atoms with E-state index in [1.807, 2.05) is 24.3 Å². The molecule has 0 aliphatic carbocycles. The second-order valence-electron chi connectivity index (χ2n) is 2.55. The minimum atomic E-state index is -0.185. The van der Waals surface area contributed by atoms with Gasteiger partial charge >= 0.3 is 51.4 Å². The normalized spacial score (nSPS) is 9.08. The Bertz CT molecular complexity index is 221. The number of rotatable bonds is 4. The Morgan fingerprint density at radius 3 is 2.31 bits per heavy atom. The molecule has 0 N–H and O–H groups in total. The van der Waals surface area contributed by atoms with Gasteiger partial charge in [-0.15, -0.1) is 6.61 Å². The van der Waals surface area contributed by atoms with Gasteiger partial charge < -0.3 is 9.84 Å². The second-order valence-corrected chi connectivity index (χ2v) is 2.55. The number of benzene rings is 1. The topological polar surface area (TPSA) is 32.3 Å². The molecule has 0 fully saturated rings. The van der Waals surface area contributed by atoms with E-state index in [9.17, 15) is 5.11 Å². The monoisotopic (exact) mass is 204 g/mol. The third-order valence-corrected chi connectivity index (χ3v) is 1.68. The van der Waals surface area contributed by atoms with E-state index >= 15 is 0 Å². The number of ether oxygens (including phenoxy) is 1. The molecule has 0 unspecified atom stereocenters. The smallest absolute Gasteiger partial charge is 0.852 e. The second kappa shape index (κ2) is 7.97. The summed E-state index contributed by atoms with van der Waals surface area (Å²) in [5, 5.41) is 10.1. The molecule has 0 heterocycles. The van der Waals surface area contributed by atoms with Gasteiger partial charge in [-0.25, -0.2) is 0 Å². The van der Waals surface area contributed by atoms with Crippen molar-refractivity contribution in [3.63, 3.8) is 0 Å². The van der Waals surface area contributed by atoms with Crippen LogP contribution in [-0.4, -0.2) is 13.2 Å². The maximum atomic E-state index is 10.1. The van der Waals surface area contributed by atoms with Crippen LogP contribution in [0.5, 0.6) is 5.75 Å². The van der Waals surface area contributed by atoms with Gasteiger partial charge in [-0.1, -0.05) is 19.1 Å². The van der Waals surface area contributed by atoms with Gasteiger partial charge in [0.05, 0.1) is 6.61 Å². The zero-order chi connectivity index (χ0) is 8.81. The van der Waals surface area contributed by atoms with Crippen LogP contribution in [0, 0.1) is 0 Å². The van der Waals surface area contributed by atoms with Crippen molar-refractivity contribution in [2.45, 2.75) is 13.3 Å². The number of aryl methyl sites for hydroxylation is 1. The van der Waals surface area contributed by atoms with Gasteiger partial charge in [-0.2, -0.15) is 0 Å². The first-order valence-corrected chi connectivity index (χ1v) is 4.16. The zero-order valence-electron chi connectivity index (χ0n) is 8.25. The van der Waals surface area contributed by atoms with Gasteiger partial charge in [0.1, 0.15) is 5.75 Å². The molecule has 0 aliphatic rings. The molecule has 0 amide bonds. The summed E-state index contributed by atoms with van der Waals surface area (Å²) < 4.78 is 5.14. The molecule has 0 aromatic heterocycles. The Kier molecular flexibility index (Phi) is 8.35. The van der Waals surface area contributed by atoms with Gasteiger partial charge in [0.15, 0.2) is 0 Å². The third-order valence-electron chi connectivity index (χ3n) is 1.68. The summed E-state index contributed by atoms with van der Waals surface area (Å²) in [5.41, 5.74) is 1.28. The Hall–Kier alpha value is 0.616. The summed E-state index contributed by atoms with van der Waals surface area (Å²) in [6.07, 6.45) is 1.03. The average molecular weight is 204 g/mol. The van der Waals surface area contributed by atoms with E-state index in [4.69, 9.17) is 4.74 Å². The maximum Gasteiger partial charge on any atom is 1.00 e. The van der Waals surface area contributed by atoms with E-state index in [1.54, 1.807) is 0 Å². The van der Waals surface area contributed by atoms with Gasteiger partial charge in [-0.05, 0) is 24.1 Å². The maximum absolute atomic E-state index is 10.1. The summed E-state index contributed by atoms with van der Waals surface area (Å²) in [5.74, 6) is 0.781. The van der Waals surface area contributed by atoms with Crippen LogP contribution in [0.3, 0.4) is 0 Å². The predicted octanol–water partition coefficient (Wildman–Crippen LogP) is -2.01. The summed E-state index contributed by atoms with van der Waals surface area (Å²) in [7, 11) is 0. The van der Waals surface area contributed by atoms with Crippen molar-refractivity contribution in [2.24, 2.45) is 0 Å². The van der Waals surface area contributed by atoms with E-state index in [0.717, 1.165) is 12.2 Å². The number of hydrogen-bond donors (Lipinski definition) is 0. The molecule has 0 radical (unpaired) electrons. The molecular weight excluding hydrogens is 191 g/mol. The van der Waals surface area contributed by atoms with Gasteiger partial charge in [0, 0.05) is 0 Å². The molecule has 0 saturated heterocycles. The predicted molar refractivity (Wildman–Crippen MR) is 46.2 cm³/mol. The third kappa shape index (κ3) is 5.15. The SMILES string of the molecule is CCc1ccc(OCC[O-])cc1.[K+]. The van der Waals surface area contributed by atoms with Crippen LogP contribution >= 0.6 is 0 Å². The molecule has 0 saturated carbocycles. The number of hydrogen-bond acceptors (Lipinski definition) is 2. The molecule has 66 valence electrons. The Labute approximate surface area is 122 Å². The van der Waals surface area contributed by atoms with Crippen LogP contribution in [0.15, 0.2) is 24.3 Å². The molecule has 13 heavy (non-hydrogen) atoms. The summed E-state index contributed by atoms with van der Waals surface area (Å²) in [6.45, 7) is 2.18. The first-order chi connectivity index (χ1) is 5.86. The molecule has 0 bridgehead atoms. The standard InChI is InChI=1S/C10H13O2.K/c1-2-9-3-5-10(6-4-9)12-8-7-11;/h3-6H,2,7-8H2,1H3;/q-1;+1. The fourth-order valence-electron chi connectivity index (χ4n) is 0.981. The molecule has 0 atom stereocenters. The minimum Gasteiger partial charge on any atom is -0.852 e. The van der Waals surface area contributed by atoms with Crippen LogP contribution in [0.1, 0.15) is 12.5 Å². The molecular formula is C10H13KO2. The zero-order valence-corrected chi connectivity index (χ0v) is 11.4. The molecule has 0 aliphatic heterocycles. The van der Waals surface area contributed by atoms with Gasteiger partial charge in [0.2, 0.25) is 0 Å². The van der Waals surface area contributed by atoms with Gasteiger partial charge in [-0.3, -0.25) is 0 Å². The van der Waals surface area contributed by atoms with Crippen molar-refractivity contribution in [1.29, 1.82) is 0 Å². The molecule has 1 aromatic carbocycles. The van der Waals surface area contributed by atoms with E-state index in [-0.39, 0.29) is 64.6 Å². The minimum absolute atomic E-state index is 0. The van der Waals surface area contributed by atoms with Crippen LogP contribution in [-0.2, 0) is 6.42 Å². The summed E-state index contributed by atoms with van der Waals surface area (Å²) in [4.78, 5) is 0. The Morgan fingerprint density at radius 1 is 1.23 bits per heavy atom. The molecule has 1 rings (SSSR count). The summed E-state index contributed by atoms with van der Waals surface area (Å²) >= 11 is 0. The van der Waals surface area contributed by atoms with Crippen LogP contribution < -0.4 is 61.2 Å². The van der Waals surface area contributed by atoms with Crippen LogP contribution in [0.2, 0.25) is 0 Å². The molecule has 1 aromatic rings. The summed E-state index contributed by atoms with van der Waals surface area (Å²) in [6, 6.07) is 7.82. The van der Waals surface area contributed by atoms with Crippen LogP contribution in [0.4, 0.5) is 0 Å². The Morgan fingerprint density at radius 2 is 1.85 bits per heavy atom. The largest absolute Gasteiger partial charge is 1.00 e. The van der Waals surface area contributed by atoms with Crippen molar-refractivity contribution in [3.8, 4) is 5.75 Å². The molecule has 3 heteroatoms. The van der Waals surface area contributed by atoms with Crippen molar-refractivity contribution in [1.82, 2.24) is 0 Å². The molecule has 2 nitrogen and oxygen atoms in total. The first-order valence-electron chi connectivity index (χ1n) is 4.16. The fourth-order valence-corrected chi connectivity index (χ4v) is 0.981. The van der Waals surface area contributed by atoms with Gasteiger partial charge in [0.25, 0.3) is 0 Å². The van der Waals surface area contributed by atoms with Crippen molar-refractivity contribution >= 4 is 0 Å². The fraction of sp³-hybridized carbons (Fsp3) is 0.400. The average Bonchev–Trinajstić information content (AvgIpc) is 2.15.